The van der Waals surface area contributed by atoms with Crippen LogP contribution in [0, 0.1) is 0 Å². The number of aliphatic hydroxyl groups excluding tert-OH is 1. The molecule has 1 atom stereocenters. The molecular formula is C23H24N4O6S. The van der Waals surface area contributed by atoms with E-state index in [-0.39, 0.29) is 36.7 Å². The minimum atomic E-state index is -1.00. The van der Waals surface area contributed by atoms with Gasteiger partial charge in [0.25, 0.3) is 5.56 Å². The van der Waals surface area contributed by atoms with E-state index in [2.05, 4.69) is 9.97 Å². The van der Waals surface area contributed by atoms with Gasteiger partial charge in [0.1, 0.15) is 18.5 Å². The summed E-state index contributed by atoms with van der Waals surface area (Å²) in [6.45, 7) is 1.88. The van der Waals surface area contributed by atoms with E-state index in [0.29, 0.717) is 10.9 Å². The molecule has 0 aliphatic carbocycles. The summed E-state index contributed by atoms with van der Waals surface area (Å²) in [5.41, 5.74) is -0.959. The molecule has 0 spiro atoms. The molecule has 0 saturated heterocycles. The summed E-state index contributed by atoms with van der Waals surface area (Å²) in [6, 6.07) is 13.4. The first-order chi connectivity index (χ1) is 16.4. The molecule has 0 aliphatic heterocycles. The van der Waals surface area contributed by atoms with E-state index in [0.717, 1.165) is 22.5 Å². The summed E-state index contributed by atoms with van der Waals surface area (Å²) in [5.74, 6) is 0.157. The van der Waals surface area contributed by atoms with E-state index in [1.54, 1.807) is 6.92 Å². The van der Waals surface area contributed by atoms with Crippen LogP contribution in [0.3, 0.4) is 0 Å². The number of aliphatic hydroxyl groups is 1. The number of aromatic nitrogens is 4. The van der Waals surface area contributed by atoms with Crippen LogP contribution in [0.25, 0.3) is 21.9 Å². The van der Waals surface area contributed by atoms with Gasteiger partial charge in [0.2, 0.25) is 0 Å². The monoisotopic (exact) mass is 484 g/mol. The maximum atomic E-state index is 12.6. The van der Waals surface area contributed by atoms with Crippen molar-refractivity contribution in [2.24, 2.45) is 7.05 Å². The van der Waals surface area contributed by atoms with Crippen molar-refractivity contribution < 1.29 is 19.4 Å². The molecule has 4 rings (SSSR count). The molecule has 0 aliphatic rings. The standard InChI is InChI=1S/C23H24N4O6S/c1-3-32-18(29)13-34-23-24-20-19(21(30)25-22(31)26(20)2)27(23)11-15(28)12-33-17-10-6-8-14-7-4-5-9-16(14)17/h4-10,15,28H,3,11-13H2,1-2H3,(H,25,30,31)/t15-/m1/s1. The van der Waals surface area contributed by atoms with Crippen molar-refractivity contribution in [1.82, 2.24) is 19.1 Å². The van der Waals surface area contributed by atoms with Crippen LogP contribution in [0.4, 0.5) is 0 Å². The number of ether oxygens (including phenoxy) is 2. The fraction of sp³-hybridized carbons (Fsp3) is 0.304. The minimum Gasteiger partial charge on any atom is -0.490 e. The average molecular weight is 485 g/mol. The number of hydrogen-bond donors (Lipinski definition) is 2. The van der Waals surface area contributed by atoms with E-state index in [1.807, 2.05) is 42.5 Å². The first-order valence-corrected chi connectivity index (χ1v) is 11.6. The summed E-state index contributed by atoms with van der Waals surface area (Å²) in [4.78, 5) is 43.1. The molecule has 4 aromatic rings. The van der Waals surface area contributed by atoms with Gasteiger partial charge in [-0.15, -0.1) is 0 Å². The number of aryl methyl sites for hydroxylation is 1. The van der Waals surface area contributed by atoms with Crippen LogP contribution in [0.5, 0.6) is 5.75 Å². The van der Waals surface area contributed by atoms with Gasteiger partial charge in [-0.3, -0.25) is 19.1 Å². The van der Waals surface area contributed by atoms with Crippen molar-refractivity contribution in [2.75, 3.05) is 19.0 Å². The van der Waals surface area contributed by atoms with Gasteiger partial charge in [-0.25, -0.2) is 9.78 Å². The lowest BCUT2D eigenvalue weighted by atomic mass is 10.1. The van der Waals surface area contributed by atoms with E-state index >= 15 is 0 Å². The number of hydrogen-bond acceptors (Lipinski definition) is 8. The third kappa shape index (κ3) is 4.85. The quantitative estimate of drug-likeness (QED) is 0.271. The Morgan fingerprint density at radius 3 is 2.76 bits per heavy atom. The molecule has 0 bridgehead atoms. The first kappa shape index (κ1) is 23.6. The number of nitrogens with zero attached hydrogens (tertiary/aromatic N) is 3. The van der Waals surface area contributed by atoms with Crippen LogP contribution >= 0.6 is 11.8 Å². The zero-order chi connectivity index (χ0) is 24.2. The highest BCUT2D eigenvalue weighted by molar-refractivity contribution is 7.99. The number of imidazole rings is 1. The second-order valence-electron chi connectivity index (χ2n) is 7.53. The molecule has 10 nitrogen and oxygen atoms in total. The molecular weight excluding hydrogens is 460 g/mol. The number of carbonyl (C=O) groups is 1. The molecule has 2 N–H and O–H groups in total. The first-order valence-electron chi connectivity index (χ1n) is 10.7. The van der Waals surface area contributed by atoms with Crippen molar-refractivity contribution in [2.45, 2.75) is 24.7 Å². The molecule has 2 aromatic carbocycles. The average Bonchev–Trinajstić information content (AvgIpc) is 3.18. The molecule has 2 heterocycles. The van der Waals surface area contributed by atoms with Crippen molar-refractivity contribution in [3.63, 3.8) is 0 Å². The summed E-state index contributed by atoms with van der Waals surface area (Å²) >= 11 is 1.06. The van der Waals surface area contributed by atoms with Crippen LogP contribution < -0.4 is 16.0 Å². The van der Waals surface area contributed by atoms with E-state index < -0.39 is 23.3 Å². The Morgan fingerprint density at radius 1 is 1.21 bits per heavy atom. The fourth-order valence-corrected chi connectivity index (χ4v) is 4.39. The highest BCUT2D eigenvalue weighted by atomic mass is 32.2. The summed E-state index contributed by atoms with van der Waals surface area (Å²) in [5, 5.41) is 13.0. The Kier molecular flexibility index (Phi) is 7.03. The summed E-state index contributed by atoms with van der Waals surface area (Å²) < 4.78 is 13.5. The van der Waals surface area contributed by atoms with Gasteiger partial charge < -0.3 is 19.1 Å². The second-order valence-corrected chi connectivity index (χ2v) is 8.47. The summed E-state index contributed by atoms with van der Waals surface area (Å²) in [6.07, 6.45) is -1.00. The zero-order valence-electron chi connectivity index (χ0n) is 18.7. The lowest BCUT2D eigenvalue weighted by molar-refractivity contribution is -0.139. The Hall–Kier alpha value is -3.57. The Balaban J connectivity index is 1.60. The topological polar surface area (TPSA) is 128 Å². The zero-order valence-corrected chi connectivity index (χ0v) is 19.5. The lowest BCUT2D eigenvalue weighted by Crippen LogP contribution is -2.30. The number of fused-ring (bicyclic) bond motifs is 2. The van der Waals surface area contributed by atoms with E-state index in [1.165, 1.54) is 16.2 Å². The van der Waals surface area contributed by atoms with Gasteiger partial charge in [-0.1, -0.05) is 48.2 Å². The van der Waals surface area contributed by atoms with Gasteiger partial charge in [-0.05, 0) is 18.4 Å². The highest BCUT2D eigenvalue weighted by Gasteiger charge is 2.21. The number of benzene rings is 2. The molecule has 178 valence electrons. The van der Waals surface area contributed by atoms with Crippen molar-refractivity contribution in [3.05, 3.63) is 63.3 Å². The van der Waals surface area contributed by atoms with Gasteiger partial charge in [0.15, 0.2) is 16.3 Å². The fourth-order valence-electron chi connectivity index (χ4n) is 3.59. The summed E-state index contributed by atoms with van der Waals surface area (Å²) in [7, 11) is 1.48. The molecule has 0 radical (unpaired) electrons. The lowest BCUT2D eigenvalue weighted by Gasteiger charge is -2.16. The number of thioether (sulfide) groups is 1. The molecule has 0 unspecified atom stereocenters. The van der Waals surface area contributed by atoms with Crippen LogP contribution in [0.2, 0.25) is 0 Å². The molecule has 2 aromatic heterocycles. The van der Waals surface area contributed by atoms with Crippen molar-refractivity contribution in [1.29, 1.82) is 0 Å². The minimum absolute atomic E-state index is 0.0340. The second kappa shape index (κ2) is 10.1. The van der Waals surface area contributed by atoms with Gasteiger partial charge in [0, 0.05) is 12.4 Å². The number of H-pyrrole nitrogens is 1. The van der Waals surface area contributed by atoms with Crippen molar-refractivity contribution >= 4 is 39.7 Å². The smallest absolute Gasteiger partial charge is 0.329 e. The van der Waals surface area contributed by atoms with Crippen molar-refractivity contribution in [3.8, 4) is 5.75 Å². The Bertz CT molecular complexity index is 1450. The molecule has 0 amide bonds. The van der Waals surface area contributed by atoms with Gasteiger partial charge >= 0.3 is 11.7 Å². The number of aromatic amines is 1. The van der Waals surface area contributed by atoms with E-state index in [4.69, 9.17) is 9.47 Å². The SMILES string of the molecule is CCOC(=O)CSc1nc2c(c(=O)[nH]c(=O)n2C)n1C[C@@H](O)COc1cccc2ccccc12. The normalized spacial score (nSPS) is 12.2. The number of esters is 1. The predicted molar refractivity (Wildman–Crippen MR) is 128 cm³/mol. The maximum absolute atomic E-state index is 12.6. The van der Waals surface area contributed by atoms with Gasteiger partial charge in [-0.2, -0.15) is 0 Å². The van der Waals surface area contributed by atoms with Crippen LogP contribution in [0.1, 0.15) is 6.92 Å². The molecule has 34 heavy (non-hydrogen) atoms. The maximum Gasteiger partial charge on any atom is 0.329 e. The largest absolute Gasteiger partial charge is 0.490 e. The third-order valence-electron chi connectivity index (χ3n) is 5.17. The number of rotatable bonds is 9. The Morgan fingerprint density at radius 2 is 1.97 bits per heavy atom. The highest BCUT2D eigenvalue weighted by Crippen LogP contribution is 2.26. The molecule has 0 fully saturated rings. The number of carbonyl (C=O) groups excluding carboxylic acids is 1. The third-order valence-corrected chi connectivity index (χ3v) is 6.12. The molecule has 0 saturated carbocycles. The Labute approximate surface area is 198 Å². The van der Waals surface area contributed by atoms with Crippen LogP contribution in [-0.2, 0) is 23.1 Å². The van der Waals surface area contributed by atoms with Gasteiger partial charge in [0.05, 0.1) is 18.9 Å². The van der Waals surface area contributed by atoms with Crippen LogP contribution in [0.15, 0.2) is 57.2 Å². The predicted octanol–water partition coefficient (Wildman–Crippen LogP) is 1.67. The number of nitrogens with one attached hydrogen (secondary N) is 1. The van der Waals surface area contributed by atoms with Crippen LogP contribution in [-0.4, -0.2) is 55.2 Å². The van der Waals surface area contributed by atoms with E-state index in [9.17, 15) is 19.5 Å². The molecule has 11 heteroatoms.